The zero-order valence-corrected chi connectivity index (χ0v) is 15.2. The fourth-order valence-corrected chi connectivity index (χ4v) is 4.02. The van der Waals surface area contributed by atoms with Crippen LogP contribution in [0.2, 0.25) is 0 Å². The highest BCUT2D eigenvalue weighted by atomic mass is 19.4. The van der Waals surface area contributed by atoms with Gasteiger partial charge in [0.2, 0.25) is 0 Å². The number of carbonyl (C=O) groups excluding carboxylic acids is 1. The monoisotopic (exact) mass is 394 g/mol. The lowest BCUT2D eigenvalue weighted by atomic mass is 9.84. The minimum absolute atomic E-state index is 0.0862. The van der Waals surface area contributed by atoms with Crippen molar-refractivity contribution in [3.8, 4) is 0 Å². The number of anilines is 2. The maximum Gasteiger partial charge on any atom is 0.418 e. The Bertz CT molecular complexity index is 879. The first-order valence-corrected chi connectivity index (χ1v) is 9.23. The summed E-state index contributed by atoms with van der Waals surface area (Å²) in [6.45, 7) is 3.10. The van der Waals surface area contributed by atoms with Crippen molar-refractivity contribution in [1.82, 2.24) is 5.32 Å². The van der Waals surface area contributed by atoms with Crippen LogP contribution in [0, 0.1) is 5.92 Å². The number of piperidine rings is 1. The van der Waals surface area contributed by atoms with Crippen LogP contribution in [0.5, 0.6) is 0 Å². The summed E-state index contributed by atoms with van der Waals surface area (Å²) in [6, 6.07) is 2.35. The second-order valence-corrected chi connectivity index (χ2v) is 7.48. The largest absolute Gasteiger partial charge is 0.511 e. The molecule has 0 radical (unpaired) electrons. The van der Waals surface area contributed by atoms with Crippen LogP contribution in [-0.4, -0.2) is 42.4 Å². The molecule has 6 nitrogen and oxygen atoms in total. The summed E-state index contributed by atoms with van der Waals surface area (Å²) in [7, 11) is 0. The van der Waals surface area contributed by atoms with E-state index in [9.17, 15) is 23.1 Å². The van der Waals surface area contributed by atoms with Gasteiger partial charge in [0, 0.05) is 37.0 Å². The highest BCUT2D eigenvalue weighted by Gasteiger charge is 2.38. The van der Waals surface area contributed by atoms with Gasteiger partial charge in [0.15, 0.2) is 0 Å². The first-order valence-electron chi connectivity index (χ1n) is 9.23. The molecule has 0 saturated carbocycles. The van der Waals surface area contributed by atoms with Crippen LogP contribution in [0.25, 0.3) is 0 Å². The standard InChI is InChI=1S/C19H21F3N4O2/c1-9-4-11-16(8-24-9)25-7-12(17(11)27)18(28)26-15-6-14-10(2-3-23-14)5-13(15)19(20,21)22/h5-7,9,11,16,23-24,27H,2-4,8H2,1H3,(H,26,28). The normalized spacial score (nSPS) is 26.5. The van der Waals surface area contributed by atoms with Gasteiger partial charge in [-0.25, -0.2) is 0 Å². The summed E-state index contributed by atoms with van der Waals surface area (Å²) in [6.07, 6.45) is -2.25. The van der Waals surface area contributed by atoms with E-state index in [1.54, 1.807) is 0 Å². The van der Waals surface area contributed by atoms with Gasteiger partial charge in [-0.1, -0.05) is 0 Å². The molecule has 28 heavy (non-hydrogen) atoms. The van der Waals surface area contributed by atoms with E-state index >= 15 is 0 Å². The van der Waals surface area contributed by atoms with Gasteiger partial charge in [-0.3, -0.25) is 9.79 Å². The number of alkyl halides is 3. The Hall–Kier alpha value is -2.55. The fourth-order valence-electron chi connectivity index (χ4n) is 4.02. The SMILES string of the molecule is CC1CC2C(O)=C(C(=O)Nc3cc4c(cc3C(F)(F)F)CCN4)C=NC2CN1. The van der Waals surface area contributed by atoms with Gasteiger partial charge in [-0.15, -0.1) is 0 Å². The summed E-state index contributed by atoms with van der Waals surface area (Å²) in [5.74, 6) is -1.22. The maximum atomic E-state index is 13.5. The molecule has 0 spiro atoms. The summed E-state index contributed by atoms with van der Waals surface area (Å²) < 4.78 is 40.5. The zero-order chi connectivity index (χ0) is 20.1. The summed E-state index contributed by atoms with van der Waals surface area (Å²) in [5.41, 5.74) is -0.175. The second kappa shape index (κ2) is 6.80. The molecular formula is C19H21F3N4O2. The molecule has 0 aromatic heterocycles. The van der Waals surface area contributed by atoms with E-state index < -0.39 is 17.6 Å². The van der Waals surface area contributed by atoms with Gasteiger partial charge in [0.05, 0.1) is 22.9 Å². The van der Waals surface area contributed by atoms with Gasteiger partial charge in [0.1, 0.15) is 5.76 Å². The molecule has 3 aliphatic heterocycles. The molecule has 4 rings (SSSR count). The van der Waals surface area contributed by atoms with E-state index in [0.29, 0.717) is 37.2 Å². The molecule has 0 aliphatic carbocycles. The zero-order valence-electron chi connectivity index (χ0n) is 15.2. The number of halogens is 3. The van der Waals surface area contributed by atoms with E-state index in [1.807, 2.05) is 6.92 Å². The van der Waals surface area contributed by atoms with Crippen LogP contribution < -0.4 is 16.0 Å². The molecule has 1 aromatic rings. The van der Waals surface area contributed by atoms with Gasteiger partial charge in [0.25, 0.3) is 5.91 Å². The second-order valence-electron chi connectivity index (χ2n) is 7.48. The van der Waals surface area contributed by atoms with Crippen molar-refractivity contribution in [1.29, 1.82) is 0 Å². The third-order valence-electron chi connectivity index (χ3n) is 5.52. The Kier molecular flexibility index (Phi) is 4.57. The number of dihydropyridines is 1. The number of aliphatic imine (C=N–C) groups is 1. The molecule has 3 atom stereocenters. The molecule has 3 heterocycles. The van der Waals surface area contributed by atoms with Crippen molar-refractivity contribution >= 4 is 23.5 Å². The minimum Gasteiger partial charge on any atom is -0.511 e. The molecule has 1 saturated heterocycles. The van der Waals surface area contributed by atoms with Crippen LogP contribution in [0.4, 0.5) is 24.5 Å². The number of nitrogens with zero attached hydrogens (tertiary/aromatic N) is 1. The number of carbonyl (C=O) groups is 1. The van der Waals surface area contributed by atoms with Crippen molar-refractivity contribution < 1.29 is 23.1 Å². The minimum atomic E-state index is -4.60. The smallest absolute Gasteiger partial charge is 0.418 e. The molecule has 3 unspecified atom stereocenters. The van der Waals surface area contributed by atoms with Crippen molar-refractivity contribution in [2.75, 3.05) is 23.7 Å². The van der Waals surface area contributed by atoms with E-state index in [-0.39, 0.29) is 35.0 Å². The van der Waals surface area contributed by atoms with Gasteiger partial charge >= 0.3 is 6.18 Å². The average Bonchev–Trinajstić information content (AvgIpc) is 3.08. The van der Waals surface area contributed by atoms with Crippen molar-refractivity contribution in [2.45, 2.75) is 38.0 Å². The van der Waals surface area contributed by atoms with Crippen molar-refractivity contribution in [2.24, 2.45) is 10.9 Å². The topological polar surface area (TPSA) is 85.8 Å². The number of fused-ring (bicyclic) bond motifs is 2. The average molecular weight is 394 g/mol. The fraction of sp³-hybridized carbons (Fsp3) is 0.474. The number of aliphatic hydroxyl groups excluding tert-OH is 1. The number of amides is 1. The lowest BCUT2D eigenvalue weighted by molar-refractivity contribution is -0.137. The molecule has 3 aliphatic rings. The van der Waals surface area contributed by atoms with Crippen LogP contribution in [0.1, 0.15) is 24.5 Å². The van der Waals surface area contributed by atoms with E-state index in [2.05, 4.69) is 20.9 Å². The maximum absolute atomic E-state index is 13.5. The number of nitrogens with one attached hydrogen (secondary N) is 3. The first-order chi connectivity index (χ1) is 13.2. The third kappa shape index (κ3) is 3.34. The molecule has 4 N–H and O–H groups in total. The molecule has 1 aromatic carbocycles. The Morgan fingerprint density at radius 2 is 2.14 bits per heavy atom. The number of aliphatic hydroxyl groups is 1. The quantitative estimate of drug-likeness (QED) is 0.621. The molecular weight excluding hydrogens is 373 g/mol. The van der Waals surface area contributed by atoms with Crippen molar-refractivity contribution in [3.63, 3.8) is 0 Å². The summed E-state index contributed by atoms with van der Waals surface area (Å²) in [4.78, 5) is 17.0. The predicted octanol–water partition coefficient (Wildman–Crippen LogP) is 2.88. The number of rotatable bonds is 2. The number of hydrogen-bond acceptors (Lipinski definition) is 5. The number of hydrogen-bond donors (Lipinski definition) is 4. The van der Waals surface area contributed by atoms with Gasteiger partial charge < -0.3 is 21.1 Å². The lowest BCUT2D eigenvalue weighted by Crippen LogP contribution is -2.47. The molecule has 150 valence electrons. The van der Waals surface area contributed by atoms with Crippen LogP contribution >= 0.6 is 0 Å². The van der Waals surface area contributed by atoms with E-state index in [0.717, 1.165) is 6.07 Å². The highest BCUT2D eigenvalue weighted by molar-refractivity contribution is 6.18. The highest BCUT2D eigenvalue weighted by Crippen LogP contribution is 2.40. The van der Waals surface area contributed by atoms with Crippen LogP contribution in [0.3, 0.4) is 0 Å². The predicted molar refractivity (Wildman–Crippen MR) is 99.8 cm³/mol. The van der Waals surface area contributed by atoms with Gasteiger partial charge in [-0.05, 0) is 37.5 Å². The lowest BCUT2D eigenvalue weighted by Gasteiger charge is -2.35. The van der Waals surface area contributed by atoms with Crippen LogP contribution in [0.15, 0.2) is 28.5 Å². The third-order valence-corrected chi connectivity index (χ3v) is 5.52. The summed E-state index contributed by atoms with van der Waals surface area (Å²) in [5, 5.41) is 19.2. The Labute approximate surface area is 159 Å². The molecule has 1 amide bonds. The first kappa shape index (κ1) is 18.8. The number of benzene rings is 1. The van der Waals surface area contributed by atoms with E-state index in [1.165, 1.54) is 12.3 Å². The van der Waals surface area contributed by atoms with Gasteiger partial charge in [-0.2, -0.15) is 13.2 Å². The molecule has 1 fully saturated rings. The van der Waals surface area contributed by atoms with E-state index in [4.69, 9.17) is 0 Å². The molecule has 9 heteroatoms. The Morgan fingerprint density at radius 3 is 2.89 bits per heavy atom. The van der Waals surface area contributed by atoms with Crippen LogP contribution in [-0.2, 0) is 17.4 Å². The Morgan fingerprint density at radius 1 is 1.36 bits per heavy atom. The molecule has 0 bridgehead atoms. The summed E-state index contributed by atoms with van der Waals surface area (Å²) >= 11 is 0. The Balaban J connectivity index is 1.64. The van der Waals surface area contributed by atoms with Crippen molar-refractivity contribution in [3.05, 3.63) is 34.6 Å².